The summed E-state index contributed by atoms with van der Waals surface area (Å²) in [6.07, 6.45) is 5.48. The number of fused-ring (bicyclic) bond motifs is 3. The molecule has 1 aromatic heterocycles. The first-order valence-electron chi connectivity index (χ1n) is 9.84. The zero-order valence-electron chi connectivity index (χ0n) is 15.3. The highest BCUT2D eigenvalue weighted by atomic mass is 16.3. The predicted octanol–water partition coefficient (Wildman–Crippen LogP) is 3.71. The Morgan fingerprint density at radius 2 is 1.73 bits per heavy atom. The van der Waals surface area contributed by atoms with Gasteiger partial charge in [0.05, 0.1) is 12.6 Å². The van der Waals surface area contributed by atoms with Gasteiger partial charge >= 0.3 is 0 Å². The average Bonchev–Trinajstić information content (AvgIpc) is 3.00. The molecule has 3 aromatic rings. The van der Waals surface area contributed by atoms with Gasteiger partial charge in [0.25, 0.3) is 0 Å². The van der Waals surface area contributed by atoms with Crippen molar-refractivity contribution < 1.29 is 5.11 Å². The number of nitrogens with one attached hydrogen (secondary N) is 1. The van der Waals surface area contributed by atoms with Crippen LogP contribution in [0.3, 0.4) is 0 Å². The van der Waals surface area contributed by atoms with Crippen molar-refractivity contribution in [2.24, 2.45) is 0 Å². The Kier molecular flexibility index (Phi) is 5.37. The molecule has 0 saturated carbocycles. The van der Waals surface area contributed by atoms with Crippen molar-refractivity contribution in [1.82, 2.24) is 9.88 Å². The van der Waals surface area contributed by atoms with Crippen LogP contribution in [0.4, 0.5) is 0 Å². The Balaban J connectivity index is 1.39. The molecule has 0 radical (unpaired) electrons. The molecule has 0 bridgehead atoms. The van der Waals surface area contributed by atoms with E-state index in [1.165, 1.54) is 47.0 Å². The van der Waals surface area contributed by atoms with Crippen LogP contribution in [0.1, 0.15) is 29.7 Å². The Morgan fingerprint density at radius 1 is 0.962 bits per heavy atom. The van der Waals surface area contributed by atoms with Gasteiger partial charge in [-0.3, -0.25) is 0 Å². The topological polar surface area (TPSA) is 37.2 Å². The zero-order chi connectivity index (χ0) is 17.8. The Labute approximate surface area is 155 Å². The minimum Gasteiger partial charge on any atom is -0.390 e. The number of aliphatic hydroxyl groups excluding tert-OH is 1. The molecule has 0 unspecified atom stereocenters. The Morgan fingerprint density at radius 3 is 2.62 bits per heavy atom. The molecule has 3 heteroatoms. The van der Waals surface area contributed by atoms with Crippen LogP contribution in [0.25, 0.3) is 10.9 Å². The standard InChI is InChI=1S/C23H28N2O/c26-19(16-24-15-14-18-8-2-1-3-9-18)17-25-22-12-6-4-10-20(22)21-11-5-7-13-23(21)25/h1-4,6,8-10,12,19,24,26H,5,7,11,13-17H2/t19-/m0/s1. The third-order valence-corrected chi connectivity index (χ3v) is 5.49. The molecule has 0 aliphatic heterocycles. The first-order valence-corrected chi connectivity index (χ1v) is 9.84. The van der Waals surface area contributed by atoms with Crippen LogP contribution in [0, 0.1) is 0 Å². The van der Waals surface area contributed by atoms with E-state index < -0.39 is 0 Å². The van der Waals surface area contributed by atoms with Crippen molar-refractivity contribution in [3.8, 4) is 0 Å². The molecule has 2 aromatic carbocycles. The van der Waals surface area contributed by atoms with Crippen LogP contribution in [-0.2, 0) is 25.8 Å². The van der Waals surface area contributed by atoms with Gasteiger partial charge < -0.3 is 15.0 Å². The summed E-state index contributed by atoms with van der Waals surface area (Å²) in [5, 5.41) is 15.4. The number of nitrogens with zero attached hydrogens (tertiary/aromatic N) is 1. The zero-order valence-corrected chi connectivity index (χ0v) is 15.3. The highest BCUT2D eigenvalue weighted by molar-refractivity contribution is 5.85. The highest BCUT2D eigenvalue weighted by Crippen LogP contribution is 2.32. The van der Waals surface area contributed by atoms with E-state index >= 15 is 0 Å². The van der Waals surface area contributed by atoms with Crippen LogP contribution in [0.15, 0.2) is 54.6 Å². The summed E-state index contributed by atoms with van der Waals surface area (Å²) in [5.41, 5.74) is 5.57. The molecule has 3 nitrogen and oxygen atoms in total. The number of hydrogen-bond donors (Lipinski definition) is 2. The molecule has 0 saturated heterocycles. The maximum absolute atomic E-state index is 10.6. The van der Waals surface area contributed by atoms with Crippen LogP contribution >= 0.6 is 0 Å². The largest absolute Gasteiger partial charge is 0.390 e. The van der Waals surface area contributed by atoms with Crippen molar-refractivity contribution in [2.45, 2.75) is 44.8 Å². The lowest BCUT2D eigenvalue weighted by Gasteiger charge is -2.19. The molecule has 26 heavy (non-hydrogen) atoms. The van der Waals surface area contributed by atoms with Crippen molar-refractivity contribution in [3.63, 3.8) is 0 Å². The third kappa shape index (κ3) is 3.69. The van der Waals surface area contributed by atoms with Gasteiger partial charge in [-0.2, -0.15) is 0 Å². The van der Waals surface area contributed by atoms with Crippen molar-refractivity contribution in [3.05, 3.63) is 71.4 Å². The summed E-state index contributed by atoms with van der Waals surface area (Å²) in [6, 6.07) is 19.2. The van der Waals surface area contributed by atoms with Crippen LogP contribution < -0.4 is 5.32 Å². The van der Waals surface area contributed by atoms with Gasteiger partial charge in [0.15, 0.2) is 0 Å². The molecular formula is C23H28N2O. The smallest absolute Gasteiger partial charge is 0.0843 e. The van der Waals surface area contributed by atoms with Gasteiger partial charge in [0, 0.05) is 23.1 Å². The quantitative estimate of drug-likeness (QED) is 0.639. The highest BCUT2D eigenvalue weighted by Gasteiger charge is 2.20. The second-order valence-corrected chi connectivity index (χ2v) is 7.35. The molecule has 136 valence electrons. The fraction of sp³-hybridized carbons (Fsp3) is 0.391. The molecule has 1 aliphatic rings. The SMILES string of the molecule is O[C@@H](CNCCc1ccccc1)Cn1c2c(c3ccccc31)CCCC2. The number of aliphatic hydroxyl groups is 1. The molecule has 0 fully saturated rings. The monoisotopic (exact) mass is 348 g/mol. The van der Waals surface area contributed by atoms with Crippen LogP contribution in [0.5, 0.6) is 0 Å². The van der Waals surface area contributed by atoms with E-state index in [4.69, 9.17) is 0 Å². The van der Waals surface area contributed by atoms with Gasteiger partial charge in [0.1, 0.15) is 0 Å². The van der Waals surface area contributed by atoms with E-state index in [2.05, 4.69) is 58.4 Å². The Bertz CT molecular complexity index is 853. The fourth-order valence-electron chi connectivity index (χ4n) is 4.22. The Hall–Kier alpha value is -2.10. The average molecular weight is 348 g/mol. The number of rotatable bonds is 7. The van der Waals surface area contributed by atoms with E-state index in [-0.39, 0.29) is 6.10 Å². The molecular weight excluding hydrogens is 320 g/mol. The van der Waals surface area contributed by atoms with Gasteiger partial charge in [-0.15, -0.1) is 0 Å². The summed E-state index contributed by atoms with van der Waals surface area (Å²) in [6.45, 7) is 2.20. The molecule has 4 rings (SSSR count). The lowest BCUT2D eigenvalue weighted by molar-refractivity contribution is 0.152. The second-order valence-electron chi connectivity index (χ2n) is 7.35. The molecule has 0 spiro atoms. The van der Waals surface area contributed by atoms with Crippen LogP contribution in [0.2, 0.25) is 0 Å². The summed E-state index contributed by atoms with van der Waals surface area (Å²) in [4.78, 5) is 0. The lowest BCUT2D eigenvalue weighted by atomic mass is 9.95. The summed E-state index contributed by atoms with van der Waals surface area (Å²) in [7, 11) is 0. The van der Waals surface area contributed by atoms with Crippen molar-refractivity contribution >= 4 is 10.9 Å². The van der Waals surface area contributed by atoms with Gasteiger partial charge in [-0.05, 0) is 55.8 Å². The number of aryl methyl sites for hydroxylation is 1. The molecule has 0 amide bonds. The normalized spacial score (nSPS) is 15.1. The van der Waals surface area contributed by atoms with E-state index in [0.29, 0.717) is 13.1 Å². The van der Waals surface area contributed by atoms with Gasteiger partial charge in [-0.1, -0.05) is 48.5 Å². The molecule has 2 N–H and O–H groups in total. The van der Waals surface area contributed by atoms with Crippen LogP contribution in [-0.4, -0.2) is 28.9 Å². The molecule has 1 heterocycles. The number of aromatic nitrogens is 1. The summed E-state index contributed by atoms with van der Waals surface area (Å²) in [5.74, 6) is 0. The predicted molar refractivity (Wildman–Crippen MR) is 108 cm³/mol. The van der Waals surface area contributed by atoms with E-state index in [9.17, 15) is 5.11 Å². The minimum atomic E-state index is -0.368. The van der Waals surface area contributed by atoms with Gasteiger partial charge in [-0.25, -0.2) is 0 Å². The first-order chi connectivity index (χ1) is 12.8. The van der Waals surface area contributed by atoms with E-state index in [1.54, 1.807) is 0 Å². The second kappa shape index (κ2) is 8.07. The third-order valence-electron chi connectivity index (χ3n) is 5.49. The van der Waals surface area contributed by atoms with Crippen molar-refractivity contribution in [1.29, 1.82) is 0 Å². The number of hydrogen-bond acceptors (Lipinski definition) is 2. The maximum Gasteiger partial charge on any atom is 0.0843 e. The summed E-state index contributed by atoms with van der Waals surface area (Å²) >= 11 is 0. The number of benzene rings is 2. The summed E-state index contributed by atoms with van der Waals surface area (Å²) < 4.78 is 2.37. The lowest BCUT2D eigenvalue weighted by Crippen LogP contribution is -2.32. The van der Waals surface area contributed by atoms with Gasteiger partial charge in [0.2, 0.25) is 0 Å². The van der Waals surface area contributed by atoms with Crippen molar-refractivity contribution in [2.75, 3.05) is 13.1 Å². The maximum atomic E-state index is 10.6. The van der Waals surface area contributed by atoms with E-state index in [0.717, 1.165) is 19.4 Å². The fourth-order valence-corrected chi connectivity index (χ4v) is 4.22. The van der Waals surface area contributed by atoms with E-state index in [1.807, 2.05) is 6.07 Å². The molecule has 1 aliphatic carbocycles. The minimum absolute atomic E-state index is 0.368. The first kappa shape index (κ1) is 17.3. The number of para-hydroxylation sites is 1. The molecule has 1 atom stereocenters.